The van der Waals surface area contributed by atoms with Crippen molar-refractivity contribution >= 4 is 0 Å². The Morgan fingerprint density at radius 1 is 1.28 bits per heavy atom. The third kappa shape index (κ3) is 2.96. The number of benzene rings is 1. The number of nitrogens with zero attached hydrogens (tertiary/aromatic N) is 2. The summed E-state index contributed by atoms with van der Waals surface area (Å²) in [6.07, 6.45) is 3.07. The van der Waals surface area contributed by atoms with Gasteiger partial charge >= 0.3 is 0 Å². The molecule has 1 unspecified atom stereocenters. The van der Waals surface area contributed by atoms with Crippen LogP contribution in [0.25, 0.3) is 11.4 Å². The normalized spacial score (nSPS) is 12.6. The van der Waals surface area contributed by atoms with E-state index in [4.69, 9.17) is 10.3 Å². The molecule has 0 aliphatic heterocycles. The van der Waals surface area contributed by atoms with E-state index < -0.39 is 0 Å². The predicted octanol–water partition coefficient (Wildman–Crippen LogP) is 3.24. The molecule has 0 aliphatic carbocycles. The Labute approximate surface area is 107 Å². The van der Waals surface area contributed by atoms with Gasteiger partial charge in [0.05, 0.1) is 6.04 Å². The molecule has 1 atom stereocenters. The van der Waals surface area contributed by atoms with E-state index in [1.807, 2.05) is 31.2 Å². The number of aryl methyl sites for hydroxylation is 1. The lowest BCUT2D eigenvalue weighted by Crippen LogP contribution is -2.10. The monoisotopic (exact) mass is 245 g/mol. The summed E-state index contributed by atoms with van der Waals surface area (Å²) in [5.74, 6) is 1.14. The fraction of sp³-hybridized carbons (Fsp3) is 0.429. The van der Waals surface area contributed by atoms with Crippen molar-refractivity contribution in [2.75, 3.05) is 0 Å². The van der Waals surface area contributed by atoms with E-state index in [0.29, 0.717) is 11.7 Å². The third-order valence-corrected chi connectivity index (χ3v) is 2.94. The standard InChI is InChI=1S/C14H19N3O/c1-3-4-5-12(15)14-16-13(17-18-14)11-8-6-10(2)7-9-11/h6-9,12H,3-5,15H2,1-2H3. The lowest BCUT2D eigenvalue weighted by molar-refractivity contribution is 0.346. The topological polar surface area (TPSA) is 64.9 Å². The number of hydrogen-bond donors (Lipinski definition) is 1. The van der Waals surface area contributed by atoms with Gasteiger partial charge in [0.2, 0.25) is 11.7 Å². The average molecular weight is 245 g/mol. The maximum atomic E-state index is 6.00. The second kappa shape index (κ2) is 5.78. The Hall–Kier alpha value is -1.68. The lowest BCUT2D eigenvalue weighted by Gasteiger charge is -2.03. The van der Waals surface area contributed by atoms with Crippen molar-refractivity contribution in [1.29, 1.82) is 0 Å². The number of nitrogens with two attached hydrogens (primary N) is 1. The summed E-state index contributed by atoms with van der Waals surface area (Å²) in [6.45, 7) is 4.18. The second-order valence-electron chi connectivity index (χ2n) is 4.57. The van der Waals surface area contributed by atoms with Gasteiger partial charge < -0.3 is 10.3 Å². The largest absolute Gasteiger partial charge is 0.337 e. The summed E-state index contributed by atoms with van der Waals surface area (Å²) in [6, 6.07) is 7.88. The van der Waals surface area contributed by atoms with Crippen molar-refractivity contribution in [3.8, 4) is 11.4 Å². The van der Waals surface area contributed by atoms with Crippen molar-refractivity contribution in [1.82, 2.24) is 10.1 Å². The highest BCUT2D eigenvalue weighted by Gasteiger charge is 2.14. The molecular formula is C14H19N3O. The first-order valence-electron chi connectivity index (χ1n) is 6.37. The van der Waals surface area contributed by atoms with Crippen LogP contribution in [0.3, 0.4) is 0 Å². The molecule has 2 rings (SSSR count). The van der Waals surface area contributed by atoms with Crippen LogP contribution in [0.4, 0.5) is 0 Å². The third-order valence-electron chi connectivity index (χ3n) is 2.94. The first-order chi connectivity index (χ1) is 8.70. The van der Waals surface area contributed by atoms with Crippen LogP contribution in [0.2, 0.25) is 0 Å². The van der Waals surface area contributed by atoms with E-state index in [-0.39, 0.29) is 6.04 Å². The van der Waals surface area contributed by atoms with E-state index in [1.165, 1.54) is 5.56 Å². The predicted molar refractivity (Wildman–Crippen MR) is 70.9 cm³/mol. The van der Waals surface area contributed by atoms with E-state index in [2.05, 4.69) is 17.1 Å². The van der Waals surface area contributed by atoms with Crippen LogP contribution in [0.15, 0.2) is 28.8 Å². The zero-order valence-corrected chi connectivity index (χ0v) is 10.9. The summed E-state index contributed by atoms with van der Waals surface area (Å²) in [5.41, 5.74) is 8.17. The van der Waals surface area contributed by atoms with Gasteiger partial charge in [0.25, 0.3) is 0 Å². The molecule has 2 N–H and O–H groups in total. The molecule has 2 aromatic rings. The molecule has 96 valence electrons. The molecular weight excluding hydrogens is 226 g/mol. The Kier molecular flexibility index (Phi) is 4.10. The van der Waals surface area contributed by atoms with Gasteiger partial charge in [-0.05, 0) is 13.3 Å². The Bertz CT molecular complexity index is 490. The highest BCUT2D eigenvalue weighted by Crippen LogP contribution is 2.20. The number of rotatable bonds is 5. The number of hydrogen-bond acceptors (Lipinski definition) is 4. The fourth-order valence-corrected chi connectivity index (χ4v) is 1.75. The average Bonchev–Trinajstić information content (AvgIpc) is 2.86. The highest BCUT2D eigenvalue weighted by atomic mass is 16.5. The SMILES string of the molecule is CCCCC(N)c1nc(-c2ccc(C)cc2)no1. The van der Waals surface area contributed by atoms with Crippen molar-refractivity contribution in [2.45, 2.75) is 39.2 Å². The molecule has 4 nitrogen and oxygen atoms in total. The van der Waals surface area contributed by atoms with Crippen molar-refractivity contribution < 1.29 is 4.52 Å². The summed E-state index contributed by atoms with van der Waals surface area (Å²) < 4.78 is 5.22. The van der Waals surface area contributed by atoms with Gasteiger partial charge in [-0.25, -0.2) is 0 Å². The van der Waals surface area contributed by atoms with Crippen LogP contribution in [-0.4, -0.2) is 10.1 Å². The summed E-state index contributed by atoms with van der Waals surface area (Å²) in [4.78, 5) is 4.36. The van der Waals surface area contributed by atoms with E-state index in [9.17, 15) is 0 Å². The van der Waals surface area contributed by atoms with E-state index >= 15 is 0 Å². The lowest BCUT2D eigenvalue weighted by atomic mass is 10.1. The van der Waals surface area contributed by atoms with Gasteiger partial charge in [-0.15, -0.1) is 0 Å². The first-order valence-corrected chi connectivity index (χ1v) is 6.37. The Morgan fingerprint density at radius 2 is 2.00 bits per heavy atom. The minimum absolute atomic E-state index is 0.156. The minimum Gasteiger partial charge on any atom is -0.337 e. The fourth-order valence-electron chi connectivity index (χ4n) is 1.75. The Balaban J connectivity index is 2.12. The van der Waals surface area contributed by atoms with Crippen LogP contribution < -0.4 is 5.73 Å². The molecule has 18 heavy (non-hydrogen) atoms. The van der Waals surface area contributed by atoms with Crippen molar-refractivity contribution in [3.05, 3.63) is 35.7 Å². The van der Waals surface area contributed by atoms with Crippen LogP contribution >= 0.6 is 0 Å². The minimum atomic E-state index is -0.156. The van der Waals surface area contributed by atoms with Gasteiger partial charge in [-0.2, -0.15) is 4.98 Å². The molecule has 0 amide bonds. The van der Waals surface area contributed by atoms with Crippen LogP contribution in [0, 0.1) is 6.92 Å². The van der Waals surface area contributed by atoms with E-state index in [1.54, 1.807) is 0 Å². The summed E-state index contributed by atoms with van der Waals surface area (Å²) in [7, 11) is 0. The number of unbranched alkanes of at least 4 members (excludes halogenated alkanes) is 1. The molecule has 1 aromatic carbocycles. The van der Waals surface area contributed by atoms with Gasteiger partial charge in [-0.1, -0.05) is 54.8 Å². The molecule has 0 saturated heterocycles. The quantitative estimate of drug-likeness (QED) is 0.878. The van der Waals surface area contributed by atoms with Gasteiger partial charge in [0, 0.05) is 5.56 Å². The molecule has 0 bridgehead atoms. The van der Waals surface area contributed by atoms with Gasteiger partial charge in [-0.3, -0.25) is 0 Å². The molecule has 0 radical (unpaired) electrons. The second-order valence-corrected chi connectivity index (χ2v) is 4.57. The molecule has 0 aliphatic rings. The van der Waals surface area contributed by atoms with Crippen LogP contribution in [-0.2, 0) is 0 Å². The van der Waals surface area contributed by atoms with E-state index in [0.717, 1.165) is 24.8 Å². The van der Waals surface area contributed by atoms with Crippen LogP contribution in [0.1, 0.15) is 43.7 Å². The van der Waals surface area contributed by atoms with Crippen molar-refractivity contribution in [3.63, 3.8) is 0 Å². The molecule has 4 heteroatoms. The maximum Gasteiger partial charge on any atom is 0.243 e. The zero-order chi connectivity index (χ0) is 13.0. The first kappa shape index (κ1) is 12.8. The summed E-state index contributed by atoms with van der Waals surface area (Å²) >= 11 is 0. The zero-order valence-electron chi connectivity index (χ0n) is 10.9. The summed E-state index contributed by atoms with van der Waals surface area (Å²) in [5, 5.41) is 3.98. The maximum absolute atomic E-state index is 6.00. The smallest absolute Gasteiger partial charge is 0.243 e. The molecule has 0 spiro atoms. The van der Waals surface area contributed by atoms with Gasteiger partial charge in [0.1, 0.15) is 0 Å². The highest BCUT2D eigenvalue weighted by molar-refractivity contribution is 5.54. The van der Waals surface area contributed by atoms with Crippen LogP contribution in [0.5, 0.6) is 0 Å². The molecule has 1 aromatic heterocycles. The molecule has 1 heterocycles. The number of aromatic nitrogens is 2. The van der Waals surface area contributed by atoms with Crippen molar-refractivity contribution in [2.24, 2.45) is 5.73 Å². The molecule has 0 fully saturated rings. The van der Waals surface area contributed by atoms with Gasteiger partial charge in [0.15, 0.2) is 0 Å². The Morgan fingerprint density at radius 3 is 2.67 bits per heavy atom. The molecule has 0 saturated carbocycles.